The molecule has 2 N–H and O–H groups in total. The Morgan fingerprint density at radius 2 is 1.83 bits per heavy atom. The number of hydrogen-bond acceptors (Lipinski definition) is 3. The van der Waals surface area contributed by atoms with Crippen LogP contribution in [0.3, 0.4) is 0 Å². The first-order valence-electron chi connectivity index (χ1n) is 10.4. The van der Waals surface area contributed by atoms with Gasteiger partial charge in [-0.15, -0.1) is 0 Å². The fourth-order valence-corrected chi connectivity index (χ4v) is 4.99. The fraction of sp³-hybridized carbons (Fsp3) is 0.500. The predicted molar refractivity (Wildman–Crippen MR) is 106 cm³/mol. The van der Waals surface area contributed by atoms with E-state index in [4.69, 9.17) is 0 Å². The average molecular weight is 395 g/mol. The Balaban J connectivity index is 1.35. The van der Waals surface area contributed by atoms with Crippen molar-refractivity contribution in [3.05, 3.63) is 36.0 Å². The van der Waals surface area contributed by atoms with Crippen molar-refractivity contribution in [2.45, 2.75) is 38.1 Å². The maximum absolute atomic E-state index is 13.2. The highest BCUT2D eigenvalue weighted by atomic mass is 16.4. The lowest BCUT2D eigenvalue weighted by atomic mass is 9.76. The monoisotopic (exact) mass is 395 g/mol. The number of rotatable bonds is 3. The van der Waals surface area contributed by atoms with Crippen molar-refractivity contribution in [3.63, 3.8) is 0 Å². The molecule has 2 aromatic rings. The molecule has 1 aromatic heterocycles. The van der Waals surface area contributed by atoms with Crippen LogP contribution in [0.2, 0.25) is 0 Å². The molecule has 2 aliphatic heterocycles. The molecule has 5 rings (SSSR count). The Morgan fingerprint density at radius 1 is 1.10 bits per heavy atom. The van der Waals surface area contributed by atoms with Crippen LogP contribution in [0.15, 0.2) is 30.3 Å². The third-order valence-electron chi connectivity index (χ3n) is 6.88. The molecule has 7 heteroatoms. The lowest BCUT2D eigenvalue weighted by Crippen LogP contribution is -2.45. The second kappa shape index (κ2) is 6.61. The number of aromatic nitrogens is 1. The molecular formula is C22H25N3O4. The first kappa shape index (κ1) is 18.2. The van der Waals surface area contributed by atoms with E-state index < -0.39 is 12.0 Å². The number of piperidine rings is 1. The molecule has 3 heterocycles. The number of nitrogens with one attached hydrogen (secondary N) is 1. The summed E-state index contributed by atoms with van der Waals surface area (Å²) in [6.07, 6.45) is 3.96. The first-order valence-corrected chi connectivity index (χ1v) is 10.4. The van der Waals surface area contributed by atoms with E-state index in [9.17, 15) is 19.5 Å². The molecule has 1 spiro atoms. The quantitative estimate of drug-likeness (QED) is 0.835. The van der Waals surface area contributed by atoms with Gasteiger partial charge in [0.1, 0.15) is 11.7 Å². The van der Waals surface area contributed by atoms with Gasteiger partial charge in [0.2, 0.25) is 5.91 Å². The molecule has 1 aliphatic carbocycles. The average Bonchev–Trinajstić information content (AvgIpc) is 3.37. The lowest BCUT2D eigenvalue weighted by molar-refractivity contribution is -0.141. The number of benzene rings is 1. The smallest absolute Gasteiger partial charge is 0.326 e. The van der Waals surface area contributed by atoms with Gasteiger partial charge in [0.05, 0.1) is 0 Å². The third-order valence-corrected chi connectivity index (χ3v) is 6.88. The second-order valence-corrected chi connectivity index (χ2v) is 8.86. The van der Waals surface area contributed by atoms with Gasteiger partial charge in [0.25, 0.3) is 5.91 Å². The largest absolute Gasteiger partial charge is 0.480 e. The molecule has 7 nitrogen and oxygen atoms in total. The zero-order valence-corrected chi connectivity index (χ0v) is 16.3. The van der Waals surface area contributed by atoms with Gasteiger partial charge in [-0.05, 0) is 49.7 Å². The number of likely N-dealkylation sites (tertiary alicyclic amines) is 2. The number of fused-ring (bicyclic) bond motifs is 1. The van der Waals surface area contributed by atoms with Crippen molar-refractivity contribution in [2.24, 2.45) is 11.3 Å². The molecule has 3 fully saturated rings. The molecule has 29 heavy (non-hydrogen) atoms. The summed E-state index contributed by atoms with van der Waals surface area (Å²) in [5.74, 6) is -0.761. The van der Waals surface area contributed by atoms with Gasteiger partial charge >= 0.3 is 5.97 Å². The lowest BCUT2D eigenvalue weighted by Gasteiger charge is -2.39. The highest BCUT2D eigenvalue weighted by Crippen LogP contribution is 2.45. The van der Waals surface area contributed by atoms with Gasteiger partial charge < -0.3 is 19.9 Å². The summed E-state index contributed by atoms with van der Waals surface area (Å²) in [5.41, 5.74) is 1.07. The number of nitrogens with zero attached hydrogens (tertiary/aromatic N) is 2. The molecule has 3 aliphatic rings. The zero-order chi connectivity index (χ0) is 20.2. The Hall–Kier alpha value is -2.83. The summed E-state index contributed by atoms with van der Waals surface area (Å²) in [4.78, 5) is 44.1. The SMILES string of the molecule is O=C(O)C1CC2(CCN(C(=O)C3CC3)CC2)CN1C(=O)c1cc2ccccc2[nH]1. The minimum atomic E-state index is -0.956. The van der Waals surface area contributed by atoms with E-state index in [0.717, 1.165) is 36.6 Å². The molecule has 152 valence electrons. The van der Waals surface area contributed by atoms with Gasteiger partial charge in [-0.3, -0.25) is 9.59 Å². The summed E-state index contributed by atoms with van der Waals surface area (Å²) in [7, 11) is 0. The van der Waals surface area contributed by atoms with E-state index in [1.54, 1.807) is 6.07 Å². The third kappa shape index (κ3) is 3.18. The van der Waals surface area contributed by atoms with Gasteiger partial charge in [-0.25, -0.2) is 4.79 Å². The number of H-pyrrole nitrogens is 1. The molecule has 1 aromatic carbocycles. The van der Waals surface area contributed by atoms with Crippen molar-refractivity contribution in [1.82, 2.24) is 14.8 Å². The second-order valence-electron chi connectivity index (χ2n) is 8.86. The van der Waals surface area contributed by atoms with Crippen LogP contribution in [0, 0.1) is 11.3 Å². The van der Waals surface area contributed by atoms with Gasteiger partial charge in [-0.1, -0.05) is 18.2 Å². The van der Waals surface area contributed by atoms with E-state index in [-0.39, 0.29) is 23.1 Å². The minimum absolute atomic E-state index is 0.208. The Kier molecular flexibility index (Phi) is 4.15. The topological polar surface area (TPSA) is 93.7 Å². The van der Waals surface area contributed by atoms with Crippen LogP contribution in [0.25, 0.3) is 10.9 Å². The summed E-state index contributed by atoms with van der Waals surface area (Å²) in [6.45, 7) is 1.76. The van der Waals surface area contributed by atoms with Crippen LogP contribution in [0.1, 0.15) is 42.6 Å². The number of carboxylic acids is 1. The van der Waals surface area contributed by atoms with Gasteiger partial charge in [-0.2, -0.15) is 0 Å². The van der Waals surface area contributed by atoms with Crippen LogP contribution in [0.4, 0.5) is 0 Å². The van der Waals surface area contributed by atoms with Gasteiger partial charge in [0.15, 0.2) is 0 Å². The number of hydrogen-bond donors (Lipinski definition) is 2. The molecule has 1 atom stereocenters. The van der Waals surface area contributed by atoms with E-state index >= 15 is 0 Å². The Labute approximate surface area is 168 Å². The normalized spacial score (nSPS) is 23.7. The molecule has 0 bridgehead atoms. The first-order chi connectivity index (χ1) is 14.0. The molecule has 1 unspecified atom stereocenters. The molecule has 1 saturated carbocycles. The standard InChI is InChI=1S/C22H25N3O4/c26-19(14-5-6-14)24-9-7-22(8-10-24)12-18(21(28)29)25(13-22)20(27)17-11-15-3-1-2-4-16(15)23-17/h1-4,11,14,18,23H,5-10,12-13H2,(H,28,29). The van der Waals surface area contributed by atoms with Crippen molar-refractivity contribution >= 4 is 28.7 Å². The van der Waals surface area contributed by atoms with Crippen LogP contribution >= 0.6 is 0 Å². The highest BCUT2D eigenvalue weighted by Gasteiger charge is 2.51. The van der Waals surface area contributed by atoms with E-state index in [2.05, 4.69) is 4.98 Å². The molecule has 0 radical (unpaired) electrons. The van der Waals surface area contributed by atoms with E-state index in [1.807, 2.05) is 29.2 Å². The Bertz CT molecular complexity index is 952. The van der Waals surface area contributed by atoms with Crippen LogP contribution in [-0.2, 0) is 9.59 Å². The summed E-state index contributed by atoms with van der Waals surface area (Å²) >= 11 is 0. The molecule has 2 saturated heterocycles. The number of aromatic amines is 1. The summed E-state index contributed by atoms with van der Waals surface area (Å²) in [5, 5.41) is 10.7. The van der Waals surface area contributed by atoms with Crippen molar-refractivity contribution in [1.29, 1.82) is 0 Å². The number of para-hydroxylation sites is 1. The number of carboxylic acid groups (broad SMARTS) is 1. The van der Waals surface area contributed by atoms with Crippen molar-refractivity contribution in [2.75, 3.05) is 19.6 Å². The minimum Gasteiger partial charge on any atom is -0.480 e. The summed E-state index contributed by atoms with van der Waals surface area (Å²) < 4.78 is 0. The van der Waals surface area contributed by atoms with Crippen molar-refractivity contribution < 1.29 is 19.5 Å². The van der Waals surface area contributed by atoms with Crippen LogP contribution in [0.5, 0.6) is 0 Å². The molecular weight excluding hydrogens is 370 g/mol. The maximum Gasteiger partial charge on any atom is 0.326 e. The predicted octanol–water partition coefficient (Wildman–Crippen LogP) is 2.49. The number of amides is 2. The maximum atomic E-state index is 13.2. The van der Waals surface area contributed by atoms with E-state index in [1.165, 1.54) is 4.90 Å². The highest BCUT2D eigenvalue weighted by molar-refractivity contribution is 6.00. The van der Waals surface area contributed by atoms with E-state index in [0.29, 0.717) is 31.7 Å². The number of aliphatic carboxylic acids is 1. The number of carbonyl (C=O) groups is 3. The zero-order valence-electron chi connectivity index (χ0n) is 16.3. The molecule has 2 amide bonds. The van der Waals surface area contributed by atoms with Gasteiger partial charge in [0, 0.05) is 36.5 Å². The van der Waals surface area contributed by atoms with Crippen molar-refractivity contribution in [3.8, 4) is 0 Å². The summed E-state index contributed by atoms with van der Waals surface area (Å²) in [6, 6.07) is 8.60. The fourth-order valence-electron chi connectivity index (χ4n) is 4.99. The number of carbonyl (C=O) groups excluding carboxylic acids is 2. The Morgan fingerprint density at radius 3 is 2.48 bits per heavy atom. The van der Waals surface area contributed by atoms with Crippen LogP contribution < -0.4 is 0 Å². The van der Waals surface area contributed by atoms with Crippen LogP contribution in [-0.4, -0.2) is 63.4 Å².